The molecule has 134 valence electrons. The first-order valence-corrected chi connectivity index (χ1v) is 12.6. The number of hydrogen-bond acceptors (Lipinski definition) is 1. The summed E-state index contributed by atoms with van der Waals surface area (Å²) in [6, 6.07) is 10.9. The third-order valence-electron chi connectivity index (χ3n) is 5.76. The Kier molecular flexibility index (Phi) is 6.88. The van der Waals surface area contributed by atoms with Crippen LogP contribution in [-0.2, 0) is 4.43 Å². The molecule has 1 nitrogen and oxygen atoms in total. The maximum Gasteiger partial charge on any atom is 0.192 e. The highest BCUT2D eigenvalue weighted by molar-refractivity contribution is 6.74. The zero-order valence-electron chi connectivity index (χ0n) is 16.4. The molecule has 0 fully saturated rings. The summed E-state index contributed by atoms with van der Waals surface area (Å²) < 4.78 is 6.70. The smallest absolute Gasteiger partial charge is 0.192 e. The van der Waals surface area contributed by atoms with Gasteiger partial charge in [0.05, 0.1) is 0 Å². The largest absolute Gasteiger partial charge is 0.414 e. The zero-order valence-corrected chi connectivity index (χ0v) is 17.4. The molecule has 0 amide bonds. The van der Waals surface area contributed by atoms with Crippen molar-refractivity contribution in [1.82, 2.24) is 0 Å². The lowest BCUT2D eigenvalue weighted by Crippen LogP contribution is -2.44. The second kappa shape index (κ2) is 8.49. The van der Waals surface area contributed by atoms with Crippen LogP contribution in [0.25, 0.3) is 5.57 Å². The van der Waals surface area contributed by atoms with Gasteiger partial charge in [-0.1, -0.05) is 63.6 Å². The van der Waals surface area contributed by atoms with Gasteiger partial charge in [0.25, 0.3) is 0 Å². The van der Waals surface area contributed by atoms with Crippen molar-refractivity contribution >= 4 is 13.9 Å². The van der Waals surface area contributed by atoms with Gasteiger partial charge in [0.15, 0.2) is 8.32 Å². The monoisotopic (exact) mass is 344 g/mol. The average Bonchev–Trinajstić information content (AvgIpc) is 2.53. The van der Waals surface area contributed by atoms with E-state index in [0.717, 1.165) is 0 Å². The lowest BCUT2D eigenvalue weighted by molar-refractivity contribution is 0.155. The molecule has 1 aliphatic rings. The van der Waals surface area contributed by atoms with E-state index in [4.69, 9.17) is 4.43 Å². The molecule has 0 radical (unpaired) electrons. The predicted molar refractivity (Wildman–Crippen MR) is 109 cm³/mol. The van der Waals surface area contributed by atoms with E-state index in [0.29, 0.717) is 11.1 Å². The van der Waals surface area contributed by atoms with Crippen LogP contribution in [0.15, 0.2) is 36.4 Å². The molecular weight excluding hydrogens is 308 g/mol. The van der Waals surface area contributed by atoms with E-state index in [2.05, 4.69) is 70.3 Å². The lowest BCUT2D eigenvalue weighted by atomic mass is 9.95. The quantitative estimate of drug-likeness (QED) is 0.526. The molecule has 2 heteroatoms. The first kappa shape index (κ1) is 19.5. The minimum absolute atomic E-state index is 0.308. The summed E-state index contributed by atoms with van der Waals surface area (Å²) in [7, 11) is -1.64. The van der Waals surface area contributed by atoms with Crippen molar-refractivity contribution in [3.63, 3.8) is 0 Å². The molecule has 0 bridgehead atoms. The summed E-state index contributed by atoms with van der Waals surface area (Å²) >= 11 is 0. The van der Waals surface area contributed by atoms with Crippen molar-refractivity contribution < 1.29 is 4.43 Å². The minimum Gasteiger partial charge on any atom is -0.414 e. The van der Waals surface area contributed by atoms with Crippen LogP contribution >= 0.6 is 0 Å². The Morgan fingerprint density at radius 2 is 1.62 bits per heavy atom. The van der Waals surface area contributed by atoms with E-state index in [1.165, 1.54) is 50.5 Å². The van der Waals surface area contributed by atoms with Gasteiger partial charge >= 0.3 is 0 Å². The van der Waals surface area contributed by atoms with Gasteiger partial charge in [0.1, 0.15) is 0 Å². The molecule has 0 spiro atoms. The van der Waals surface area contributed by atoms with Gasteiger partial charge in [-0.2, -0.15) is 0 Å². The van der Waals surface area contributed by atoms with Crippen molar-refractivity contribution in [2.45, 2.75) is 90.0 Å². The van der Waals surface area contributed by atoms with Crippen LogP contribution in [0.1, 0.15) is 71.3 Å². The first-order chi connectivity index (χ1) is 11.3. The highest BCUT2D eigenvalue weighted by Gasteiger charge is 2.38. The molecule has 0 heterocycles. The summed E-state index contributed by atoms with van der Waals surface area (Å²) in [5.41, 5.74) is 2.95. The molecule has 1 atom stereocenters. The molecule has 0 aromatic heterocycles. The van der Waals surface area contributed by atoms with Crippen LogP contribution in [0, 0.1) is 0 Å². The van der Waals surface area contributed by atoms with E-state index in [9.17, 15) is 0 Å². The molecule has 2 rings (SSSR count). The van der Waals surface area contributed by atoms with Gasteiger partial charge in [-0.05, 0) is 67.8 Å². The van der Waals surface area contributed by atoms with Crippen molar-refractivity contribution in [3.05, 3.63) is 42.0 Å². The van der Waals surface area contributed by atoms with Crippen LogP contribution in [0.2, 0.25) is 18.1 Å². The van der Waals surface area contributed by atoms with Crippen molar-refractivity contribution in [2.75, 3.05) is 0 Å². The Morgan fingerprint density at radius 1 is 0.958 bits per heavy atom. The predicted octanol–water partition coefficient (Wildman–Crippen LogP) is 7.20. The maximum absolute atomic E-state index is 6.70. The third-order valence-corrected chi connectivity index (χ3v) is 10.3. The Morgan fingerprint density at radius 3 is 2.29 bits per heavy atom. The third kappa shape index (κ3) is 5.60. The highest BCUT2D eigenvalue weighted by Crippen LogP contribution is 2.38. The summed E-state index contributed by atoms with van der Waals surface area (Å²) in [5.74, 6) is 0. The van der Waals surface area contributed by atoms with Gasteiger partial charge in [-0.25, -0.2) is 0 Å². The molecule has 0 saturated carbocycles. The molecule has 1 aromatic carbocycles. The first-order valence-electron chi connectivity index (χ1n) is 9.72. The highest BCUT2D eigenvalue weighted by atomic mass is 28.4. The fourth-order valence-corrected chi connectivity index (χ4v) is 4.60. The molecule has 1 aromatic rings. The summed E-state index contributed by atoms with van der Waals surface area (Å²) in [4.78, 5) is 0. The molecule has 0 N–H and O–H groups in total. The Bertz CT molecular complexity index is 525. The van der Waals surface area contributed by atoms with Crippen LogP contribution in [0.4, 0.5) is 0 Å². The van der Waals surface area contributed by atoms with Crippen molar-refractivity contribution in [1.29, 1.82) is 0 Å². The molecule has 1 unspecified atom stereocenters. The lowest BCUT2D eigenvalue weighted by Gasteiger charge is -2.39. The zero-order chi connectivity index (χ0) is 17.6. The second-order valence-electron chi connectivity index (χ2n) is 8.77. The van der Waals surface area contributed by atoms with Crippen LogP contribution in [0.5, 0.6) is 0 Å². The molecular formula is C22H36OSi. The van der Waals surface area contributed by atoms with Gasteiger partial charge < -0.3 is 4.43 Å². The van der Waals surface area contributed by atoms with E-state index in [1.54, 1.807) is 5.57 Å². The van der Waals surface area contributed by atoms with Crippen LogP contribution in [-0.4, -0.2) is 14.4 Å². The number of benzene rings is 1. The summed E-state index contributed by atoms with van der Waals surface area (Å²) in [6.45, 7) is 11.8. The maximum atomic E-state index is 6.70. The summed E-state index contributed by atoms with van der Waals surface area (Å²) in [5, 5.41) is 0.308. The number of rotatable bonds is 3. The van der Waals surface area contributed by atoms with Crippen molar-refractivity contribution in [2.24, 2.45) is 0 Å². The van der Waals surface area contributed by atoms with E-state index in [-0.39, 0.29) is 0 Å². The molecule has 0 saturated heterocycles. The van der Waals surface area contributed by atoms with Gasteiger partial charge in [0.2, 0.25) is 0 Å². The van der Waals surface area contributed by atoms with E-state index >= 15 is 0 Å². The Labute approximate surface area is 150 Å². The van der Waals surface area contributed by atoms with Crippen LogP contribution in [0.3, 0.4) is 0 Å². The summed E-state index contributed by atoms with van der Waals surface area (Å²) in [6.07, 6.45) is 11.6. The van der Waals surface area contributed by atoms with Gasteiger partial charge in [-0.15, -0.1) is 0 Å². The SMILES string of the molecule is CC(C)(C)[Si](C)(C)OC1CCCC=C(c2ccccc2)CCCC1. The standard InChI is InChI=1S/C22H36OSi/c1-22(2,3)24(4,5)23-21-17-11-9-15-20(16-10-12-18-21)19-13-7-6-8-14-19/h6-8,13-15,21H,9-12,16-18H2,1-5H3. The Hall–Kier alpha value is -0.863. The second-order valence-corrected chi connectivity index (χ2v) is 13.5. The fourth-order valence-electron chi connectivity index (χ4n) is 3.18. The number of allylic oxidation sites excluding steroid dienone is 2. The number of hydrogen-bond donors (Lipinski definition) is 0. The average molecular weight is 345 g/mol. The Balaban J connectivity index is 1.97. The van der Waals surface area contributed by atoms with Gasteiger partial charge in [-0.3, -0.25) is 0 Å². The molecule has 0 aliphatic heterocycles. The van der Waals surface area contributed by atoms with Crippen molar-refractivity contribution in [3.8, 4) is 0 Å². The van der Waals surface area contributed by atoms with E-state index in [1.807, 2.05) is 0 Å². The normalized spacial score (nSPS) is 21.2. The van der Waals surface area contributed by atoms with Crippen LogP contribution < -0.4 is 0 Å². The topological polar surface area (TPSA) is 9.23 Å². The fraction of sp³-hybridized carbons (Fsp3) is 0.636. The molecule has 24 heavy (non-hydrogen) atoms. The minimum atomic E-state index is -1.64. The van der Waals surface area contributed by atoms with Gasteiger partial charge in [0, 0.05) is 6.10 Å². The molecule has 1 aliphatic carbocycles. The van der Waals surface area contributed by atoms with E-state index < -0.39 is 8.32 Å².